The number of rotatable bonds is 5. The SMILES string of the molecule is Cc1cc(F)cc2c(NCCS(=O)(=O)N3CC(C)OC(C)C3)c(C#N)cnc12. The predicted molar refractivity (Wildman–Crippen MR) is 105 cm³/mol. The Bertz CT molecular complexity index is 1030. The summed E-state index contributed by atoms with van der Waals surface area (Å²) in [6, 6.07) is 4.70. The summed E-state index contributed by atoms with van der Waals surface area (Å²) in [7, 11) is -3.49. The normalized spacial score (nSPS) is 20.8. The zero-order valence-corrected chi connectivity index (χ0v) is 16.9. The zero-order valence-electron chi connectivity index (χ0n) is 16.1. The molecule has 1 N–H and O–H groups in total. The number of hydrogen-bond donors (Lipinski definition) is 1. The van der Waals surface area contributed by atoms with E-state index < -0.39 is 15.8 Å². The van der Waals surface area contributed by atoms with E-state index in [-0.39, 0.29) is 30.1 Å². The van der Waals surface area contributed by atoms with Crippen LogP contribution in [0.15, 0.2) is 18.3 Å². The van der Waals surface area contributed by atoms with Crippen LogP contribution in [0.3, 0.4) is 0 Å². The van der Waals surface area contributed by atoms with E-state index >= 15 is 0 Å². The molecule has 3 rings (SSSR count). The van der Waals surface area contributed by atoms with Crippen LogP contribution in [-0.2, 0) is 14.8 Å². The molecule has 1 aliphatic rings. The number of morpholine rings is 1. The van der Waals surface area contributed by atoms with Crippen molar-refractivity contribution in [1.82, 2.24) is 9.29 Å². The first kappa shape index (κ1) is 20.5. The van der Waals surface area contributed by atoms with Crippen LogP contribution in [0.5, 0.6) is 0 Å². The lowest BCUT2D eigenvalue weighted by molar-refractivity contribution is -0.0440. The number of nitrogens with one attached hydrogen (secondary N) is 1. The van der Waals surface area contributed by atoms with Crippen molar-refractivity contribution in [2.45, 2.75) is 33.0 Å². The van der Waals surface area contributed by atoms with Gasteiger partial charge in [0.2, 0.25) is 10.0 Å². The predicted octanol–water partition coefficient (Wildman–Crippen LogP) is 2.40. The van der Waals surface area contributed by atoms with Crippen molar-refractivity contribution in [2.24, 2.45) is 0 Å². The van der Waals surface area contributed by atoms with E-state index in [1.165, 1.54) is 22.6 Å². The highest BCUT2D eigenvalue weighted by atomic mass is 32.2. The summed E-state index contributed by atoms with van der Waals surface area (Å²) in [5.41, 5.74) is 1.85. The van der Waals surface area contributed by atoms with Crippen molar-refractivity contribution in [3.8, 4) is 6.07 Å². The Balaban J connectivity index is 1.81. The Labute approximate surface area is 164 Å². The van der Waals surface area contributed by atoms with Gasteiger partial charge in [-0.1, -0.05) is 0 Å². The molecule has 1 aliphatic heterocycles. The second kappa shape index (κ2) is 7.99. The van der Waals surface area contributed by atoms with Crippen LogP contribution in [0, 0.1) is 24.1 Å². The number of sulfonamides is 1. The summed E-state index contributed by atoms with van der Waals surface area (Å²) in [6.45, 7) is 6.15. The third kappa shape index (κ3) is 4.24. The van der Waals surface area contributed by atoms with Gasteiger partial charge in [-0.05, 0) is 38.5 Å². The number of aryl methyl sites for hydroxylation is 1. The summed E-state index contributed by atoms with van der Waals surface area (Å²) in [6.07, 6.45) is 1.09. The van der Waals surface area contributed by atoms with Gasteiger partial charge in [0.25, 0.3) is 0 Å². The Kier molecular flexibility index (Phi) is 5.84. The van der Waals surface area contributed by atoms with Crippen LogP contribution in [0.2, 0.25) is 0 Å². The summed E-state index contributed by atoms with van der Waals surface area (Å²) in [4.78, 5) is 4.23. The van der Waals surface area contributed by atoms with Crippen molar-refractivity contribution in [3.63, 3.8) is 0 Å². The molecule has 2 heterocycles. The fraction of sp³-hybridized carbons (Fsp3) is 0.474. The summed E-state index contributed by atoms with van der Waals surface area (Å²) in [5.74, 6) is -0.580. The lowest BCUT2D eigenvalue weighted by atomic mass is 10.1. The third-order valence-electron chi connectivity index (χ3n) is 4.69. The molecular formula is C19H23FN4O3S. The van der Waals surface area contributed by atoms with Crippen LogP contribution >= 0.6 is 0 Å². The molecule has 2 aromatic rings. The highest BCUT2D eigenvalue weighted by Gasteiger charge is 2.30. The average Bonchev–Trinajstić information content (AvgIpc) is 2.61. The second-order valence-corrected chi connectivity index (χ2v) is 9.18. The van der Waals surface area contributed by atoms with E-state index in [9.17, 15) is 18.1 Å². The van der Waals surface area contributed by atoms with Crippen LogP contribution in [0.25, 0.3) is 10.9 Å². The van der Waals surface area contributed by atoms with Gasteiger partial charge in [-0.15, -0.1) is 0 Å². The molecule has 150 valence electrons. The molecule has 9 heteroatoms. The molecule has 2 atom stereocenters. The molecule has 1 fully saturated rings. The Morgan fingerprint density at radius 2 is 2.04 bits per heavy atom. The first-order valence-electron chi connectivity index (χ1n) is 9.07. The molecule has 0 spiro atoms. The number of aromatic nitrogens is 1. The van der Waals surface area contributed by atoms with Gasteiger partial charge in [-0.3, -0.25) is 4.98 Å². The van der Waals surface area contributed by atoms with E-state index in [1.54, 1.807) is 6.92 Å². The Morgan fingerprint density at radius 1 is 1.36 bits per heavy atom. The van der Waals surface area contributed by atoms with Crippen molar-refractivity contribution in [3.05, 3.63) is 35.3 Å². The van der Waals surface area contributed by atoms with Crippen molar-refractivity contribution in [2.75, 3.05) is 30.7 Å². The van der Waals surface area contributed by atoms with Gasteiger partial charge >= 0.3 is 0 Å². The van der Waals surface area contributed by atoms with Gasteiger partial charge < -0.3 is 10.1 Å². The van der Waals surface area contributed by atoms with Crippen LogP contribution in [-0.4, -0.2) is 55.3 Å². The van der Waals surface area contributed by atoms with Crippen LogP contribution in [0.1, 0.15) is 25.0 Å². The van der Waals surface area contributed by atoms with Crippen LogP contribution in [0.4, 0.5) is 10.1 Å². The maximum atomic E-state index is 13.9. The number of anilines is 1. The van der Waals surface area contributed by atoms with E-state index in [1.807, 2.05) is 19.9 Å². The molecule has 0 aliphatic carbocycles. The van der Waals surface area contributed by atoms with Gasteiger partial charge in [0.05, 0.1) is 34.7 Å². The molecule has 28 heavy (non-hydrogen) atoms. The molecule has 0 saturated carbocycles. The van der Waals surface area contributed by atoms with Crippen molar-refractivity contribution < 1.29 is 17.5 Å². The molecule has 1 saturated heterocycles. The monoisotopic (exact) mass is 406 g/mol. The minimum atomic E-state index is -3.49. The second-order valence-electron chi connectivity index (χ2n) is 7.09. The largest absolute Gasteiger partial charge is 0.382 e. The highest BCUT2D eigenvalue weighted by Crippen LogP contribution is 2.28. The van der Waals surface area contributed by atoms with E-state index in [2.05, 4.69) is 10.3 Å². The van der Waals surface area contributed by atoms with E-state index in [0.717, 1.165) is 0 Å². The summed E-state index contributed by atoms with van der Waals surface area (Å²) in [5, 5.41) is 12.8. The standard InChI is InChI=1S/C19H23FN4O3S/c1-12-6-16(20)7-17-18(12)23-9-15(8-21)19(17)22-4-5-28(25,26)24-10-13(2)27-14(3)11-24/h6-7,9,13-14H,4-5,10-11H2,1-3H3,(H,22,23). The van der Waals surface area contributed by atoms with Gasteiger partial charge in [-0.2, -0.15) is 9.57 Å². The van der Waals surface area contributed by atoms with Gasteiger partial charge in [0.15, 0.2) is 0 Å². The number of hydrogen-bond acceptors (Lipinski definition) is 6. The topological polar surface area (TPSA) is 95.3 Å². The summed E-state index contributed by atoms with van der Waals surface area (Å²) >= 11 is 0. The molecule has 0 radical (unpaired) electrons. The first-order chi connectivity index (χ1) is 13.2. The fourth-order valence-corrected chi connectivity index (χ4v) is 5.00. The molecule has 7 nitrogen and oxygen atoms in total. The number of nitrogens with zero attached hydrogens (tertiary/aromatic N) is 3. The molecule has 0 bridgehead atoms. The van der Waals surface area contributed by atoms with Crippen LogP contribution < -0.4 is 5.32 Å². The van der Waals surface area contributed by atoms with E-state index in [4.69, 9.17) is 4.74 Å². The van der Waals surface area contributed by atoms with E-state index in [0.29, 0.717) is 35.2 Å². The molecule has 1 aromatic heterocycles. The Morgan fingerprint density at radius 3 is 2.68 bits per heavy atom. The zero-order chi connectivity index (χ0) is 20.5. The van der Waals surface area contributed by atoms with Crippen molar-refractivity contribution >= 4 is 26.6 Å². The molecule has 2 unspecified atom stereocenters. The quantitative estimate of drug-likeness (QED) is 0.819. The minimum absolute atomic E-state index is 0.0891. The van der Waals surface area contributed by atoms with Crippen molar-refractivity contribution in [1.29, 1.82) is 5.26 Å². The number of ether oxygens (including phenoxy) is 1. The molecule has 1 aromatic carbocycles. The fourth-order valence-electron chi connectivity index (χ4n) is 3.50. The average molecular weight is 406 g/mol. The maximum Gasteiger partial charge on any atom is 0.216 e. The lowest BCUT2D eigenvalue weighted by Crippen LogP contribution is -2.49. The third-order valence-corrected chi connectivity index (χ3v) is 6.49. The first-order valence-corrected chi connectivity index (χ1v) is 10.7. The molecule has 0 amide bonds. The number of fused-ring (bicyclic) bond motifs is 1. The van der Waals surface area contributed by atoms with Gasteiger partial charge in [0.1, 0.15) is 11.9 Å². The number of nitriles is 1. The highest BCUT2D eigenvalue weighted by molar-refractivity contribution is 7.89. The Hall–Kier alpha value is -2.28. The summed E-state index contributed by atoms with van der Waals surface area (Å²) < 4.78 is 46.3. The van der Waals surface area contributed by atoms with Gasteiger partial charge in [0, 0.05) is 31.2 Å². The molecular weight excluding hydrogens is 383 g/mol. The lowest BCUT2D eigenvalue weighted by Gasteiger charge is -2.34. The number of halogens is 1. The number of benzene rings is 1. The number of pyridine rings is 1. The van der Waals surface area contributed by atoms with Gasteiger partial charge in [-0.25, -0.2) is 12.8 Å². The maximum absolute atomic E-state index is 13.9. The minimum Gasteiger partial charge on any atom is -0.382 e. The smallest absolute Gasteiger partial charge is 0.216 e.